The molecule has 1 saturated heterocycles. The standard InChI is InChI=1S/C13H23NO3/c1-16-10-13(5-2-6-13)12(15)14-7-3-11-4-8-17-9-11/h11H,2-10H2,1H3,(H,14,15)/t11-/m0/s1. The number of carbonyl (C=O) groups is 1. The van der Waals surface area contributed by atoms with Crippen LogP contribution in [0.5, 0.6) is 0 Å². The van der Waals surface area contributed by atoms with E-state index < -0.39 is 0 Å². The summed E-state index contributed by atoms with van der Waals surface area (Å²) >= 11 is 0. The Bertz CT molecular complexity index is 257. The number of rotatable bonds is 6. The van der Waals surface area contributed by atoms with Crippen LogP contribution in [-0.2, 0) is 14.3 Å². The average molecular weight is 241 g/mol. The third-order valence-corrected chi connectivity index (χ3v) is 4.08. The fourth-order valence-corrected chi connectivity index (χ4v) is 2.71. The second-order valence-corrected chi connectivity index (χ2v) is 5.34. The van der Waals surface area contributed by atoms with Crippen LogP contribution in [0.3, 0.4) is 0 Å². The van der Waals surface area contributed by atoms with E-state index in [1.54, 1.807) is 7.11 Å². The van der Waals surface area contributed by atoms with E-state index in [2.05, 4.69) is 5.32 Å². The van der Waals surface area contributed by atoms with Crippen molar-refractivity contribution in [2.24, 2.45) is 11.3 Å². The molecular weight excluding hydrogens is 218 g/mol. The first-order chi connectivity index (χ1) is 8.27. The molecule has 98 valence electrons. The van der Waals surface area contributed by atoms with Gasteiger partial charge in [0.05, 0.1) is 12.0 Å². The van der Waals surface area contributed by atoms with E-state index in [-0.39, 0.29) is 11.3 Å². The first-order valence-electron chi connectivity index (χ1n) is 6.62. The van der Waals surface area contributed by atoms with E-state index >= 15 is 0 Å². The van der Waals surface area contributed by atoms with Crippen LogP contribution in [0, 0.1) is 11.3 Å². The minimum absolute atomic E-state index is 0.185. The summed E-state index contributed by atoms with van der Waals surface area (Å²) in [6.07, 6.45) is 5.26. The minimum Gasteiger partial charge on any atom is -0.384 e. The van der Waals surface area contributed by atoms with Crippen molar-refractivity contribution in [1.82, 2.24) is 5.32 Å². The number of hydrogen-bond acceptors (Lipinski definition) is 3. The van der Waals surface area contributed by atoms with Gasteiger partial charge in [-0.2, -0.15) is 0 Å². The fourth-order valence-electron chi connectivity index (χ4n) is 2.71. The van der Waals surface area contributed by atoms with E-state index in [1.165, 1.54) is 0 Å². The van der Waals surface area contributed by atoms with Crippen LogP contribution in [0.25, 0.3) is 0 Å². The van der Waals surface area contributed by atoms with E-state index in [1.807, 2.05) is 0 Å². The lowest BCUT2D eigenvalue weighted by atomic mass is 9.68. The van der Waals surface area contributed by atoms with Gasteiger partial charge in [0.1, 0.15) is 0 Å². The summed E-state index contributed by atoms with van der Waals surface area (Å²) in [5.74, 6) is 0.819. The van der Waals surface area contributed by atoms with Gasteiger partial charge in [0.25, 0.3) is 0 Å². The van der Waals surface area contributed by atoms with Gasteiger partial charge in [-0.1, -0.05) is 6.42 Å². The zero-order chi connectivity index (χ0) is 12.1. The summed E-state index contributed by atoms with van der Waals surface area (Å²) in [5, 5.41) is 3.06. The van der Waals surface area contributed by atoms with Crippen LogP contribution in [0.15, 0.2) is 0 Å². The van der Waals surface area contributed by atoms with E-state index in [0.29, 0.717) is 12.5 Å². The Morgan fingerprint density at radius 1 is 1.53 bits per heavy atom. The predicted molar refractivity (Wildman–Crippen MR) is 64.7 cm³/mol. The van der Waals surface area contributed by atoms with Crippen molar-refractivity contribution in [1.29, 1.82) is 0 Å². The molecule has 0 spiro atoms. The fraction of sp³-hybridized carbons (Fsp3) is 0.923. The number of carbonyl (C=O) groups excluding carboxylic acids is 1. The van der Waals surface area contributed by atoms with Crippen LogP contribution >= 0.6 is 0 Å². The second kappa shape index (κ2) is 5.83. The average Bonchev–Trinajstić information content (AvgIpc) is 2.76. The normalized spacial score (nSPS) is 26.5. The smallest absolute Gasteiger partial charge is 0.228 e. The molecule has 1 atom stereocenters. The SMILES string of the molecule is COCC1(C(=O)NCC[C@H]2CCOC2)CCC1. The van der Waals surface area contributed by atoms with Gasteiger partial charge in [0.2, 0.25) is 5.91 Å². The summed E-state index contributed by atoms with van der Waals surface area (Å²) in [6, 6.07) is 0. The Hall–Kier alpha value is -0.610. The van der Waals surface area contributed by atoms with Crippen LogP contribution in [0.4, 0.5) is 0 Å². The van der Waals surface area contributed by atoms with Gasteiger partial charge in [-0.25, -0.2) is 0 Å². The molecule has 17 heavy (non-hydrogen) atoms. The molecule has 0 aromatic heterocycles. The Morgan fingerprint density at radius 3 is 2.88 bits per heavy atom. The third-order valence-electron chi connectivity index (χ3n) is 4.08. The molecule has 1 amide bonds. The molecule has 0 unspecified atom stereocenters. The van der Waals surface area contributed by atoms with Crippen molar-refractivity contribution in [3.05, 3.63) is 0 Å². The van der Waals surface area contributed by atoms with Gasteiger partial charge < -0.3 is 14.8 Å². The molecule has 1 saturated carbocycles. The summed E-state index contributed by atoms with van der Waals surface area (Å²) in [4.78, 5) is 12.1. The van der Waals surface area contributed by atoms with E-state index in [0.717, 1.165) is 51.9 Å². The molecular formula is C13H23NO3. The van der Waals surface area contributed by atoms with Crippen LogP contribution in [0.1, 0.15) is 32.1 Å². The molecule has 0 aromatic rings. The predicted octanol–water partition coefficient (Wildman–Crippen LogP) is 1.35. The monoisotopic (exact) mass is 241 g/mol. The van der Waals surface area contributed by atoms with Crippen LogP contribution < -0.4 is 5.32 Å². The molecule has 4 nitrogen and oxygen atoms in total. The highest BCUT2D eigenvalue weighted by molar-refractivity contribution is 5.83. The Kier molecular flexibility index (Phi) is 4.40. The van der Waals surface area contributed by atoms with Crippen molar-refractivity contribution in [3.63, 3.8) is 0 Å². The molecule has 2 rings (SSSR count). The second-order valence-electron chi connectivity index (χ2n) is 5.34. The van der Waals surface area contributed by atoms with Gasteiger partial charge in [0, 0.05) is 26.9 Å². The Morgan fingerprint density at radius 2 is 2.35 bits per heavy atom. The van der Waals surface area contributed by atoms with Crippen LogP contribution in [-0.4, -0.2) is 39.4 Å². The van der Waals surface area contributed by atoms with Crippen molar-refractivity contribution >= 4 is 5.91 Å². The third kappa shape index (κ3) is 2.99. The van der Waals surface area contributed by atoms with Gasteiger partial charge in [-0.3, -0.25) is 4.79 Å². The summed E-state index contributed by atoms with van der Waals surface area (Å²) in [6.45, 7) is 3.08. The topological polar surface area (TPSA) is 47.6 Å². The zero-order valence-electron chi connectivity index (χ0n) is 10.7. The van der Waals surface area contributed by atoms with Gasteiger partial charge in [0.15, 0.2) is 0 Å². The number of hydrogen-bond donors (Lipinski definition) is 1. The van der Waals surface area contributed by atoms with E-state index in [9.17, 15) is 4.79 Å². The molecule has 2 aliphatic rings. The van der Waals surface area contributed by atoms with Crippen molar-refractivity contribution in [3.8, 4) is 0 Å². The first kappa shape index (κ1) is 12.8. The maximum absolute atomic E-state index is 12.1. The molecule has 2 fully saturated rings. The lowest BCUT2D eigenvalue weighted by Gasteiger charge is -2.39. The lowest BCUT2D eigenvalue weighted by molar-refractivity contribution is -0.140. The highest BCUT2D eigenvalue weighted by atomic mass is 16.5. The summed E-state index contributed by atoms with van der Waals surface area (Å²) in [5.41, 5.74) is -0.221. The van der Waals surface area contributed by atoms with Gasteiger partial charge in [-0.15, -0.1) is 0 Å². The van der Waals surface area contributed by atoms with Crippen molar-refractivity contribution in [2.75, 3.05) is 33.5 Å². The molecule has 1 heterocycles. The Labute approximate surface area is 103 Å². The number of amides is 1. The Balaban J connectivity index is 1.68. The lowest BCUT2D eigenvalue weighted by Crippen LogP contribution is -2.48. The highest BCUT2D eigenvalue weighted by Gasteiger charge is 2.43. The maximum Gasteiger partial charge on any atom is 0.228 e. The molecule has 0 aromatic carbocycles. The molecule has 0 radical (unpaired) electrons. The molecule has 1 N–H and O–H groups in total. The summed E-state index contributed by atoms with van der Waals surface area (Å²) in [7, 11) is 1.67. The summed E-state index contributed by atoms with van der Waals surface area (Å²) < 4.78 is 10.5. The highest BCUT2D eigenvalue weighted by Crippen LogP contribution is 2.41. The van der Waals surface area contributed by atoms with Gasteiger partial charge >= 0.3 is 0 Å². The number of nitrogens with one attached hydrogen (secondary N) is 1. The first-order valence-corrected chi connectivity index (χ1v) is 6.62. The minimum atomic E-state index is -0.221. The van der Waals surface area contributed by atoms with E-state index in [4.69, 9.17) is 9.47 Å². The number of methoxy groups -OCH3 is 1. The molecule has 1 aliphatic heterocycles. The maximum atomic E-state index is 12.1. The van der Waals surface area contributed by atoms with Crippen LogP contribution in [0.2, 0.25) is 0 Å². The molecule has 1 aliphatic carbocycles. The number of ether oxygens (including phenoxy) is 2. The van der Waals surface area contributed by atoms with Crippen molar-refractivity contribution < 1.29 is 14.3 Å². The van der Waals surface area contributed by atoms with Crippen molar-refractivity contribution in [2.45, 2.75) is 32.1 Å². The molecule has 4 heteroatoms. The van der Waals surface area contributed by atoms with Gasteiger partial charge in [-0.05, 0) is 31.6 Å². The quantitative estimate of drug-likeness (QED) is 0.763. The largest absolute Gasteiger partial charge is 0.384 e. The molecule has 0 bridgehead atoms. The zero-order valence-corrected chi connectivity index (χ0v) is 10.7.